The third-order valence-corrected chi connectivity index (χ3v) is 6.52. The minimum Gasteiger partial charge on any atom is -0.299 e. The average molecular weight is 254 g/mol. The van der Waals surface area contributed by atoms with Crippen LogP contribution in [0.4, 0.5) is 0 Å². The highest BCUT2D eigenvalue weighted by Crippen LogP contribution is 2.58. The van der Waals surface area contributed by atoms with Crippen LogP contribution in [0.15, 0.2) is 24.3 Å². The summed E-state index contributed by atoms with van der Waals surface area (Å²) < 4.78 is 0. The summed E-state index contributed by atoms with van der Waals surface area (Å²) in [5, 5.41) is 0. The van der Waals surface area contributed by atoms with Gasteiger partial charge in [-0.25, -0.2) is 0 Å². The van der Waals surface area contributed by atoms with Crippen molar-refractivity contribution in [2.45, 2.75) is 19.3 Å². The Balaban J connectivity index is 1.64. The van der Waals surface area contributed by atoms with Gasteiger partial charge in [0.05, 0.1) is 0 Å². The van der Waals surface area contributed by atoms with Gasteiger partial charge in [-0.15, -0.1) is 0 Å². The normalized spacial score (nSPS) is 56.6. The fraction of sp³-hybridized carbons (Fsp3) is 0.647. The van der Waals surface area contributed by atoms with Crippen molar-refractivity contribution in [2.75, 3.05) is 0 Å². The molecule has 0 unspecified atom stereocenters. The van der Waals surface area contributed by atoms with Crippen LogP contribution < -0.4 is 0 Å². The van der Waals surface area contributed by atoms with Crippen molar-refractivity contribution in [3.63, 3.8) is 0 Å². The summed E-state index contributed by atoms with van der Waals surface area (Å²) in [6.07, 6.45) is 12.1. The van der Waals surface area contributed by atoms with Gasteiger partial charge in [0.1, 0.15) is 11.6 Å². The maximum atomic E-state index is 12.9. The van der Waals surface area contributed by atoms with Gasteiger partial charge in [-0.05, 0) is 42.9 Å². The molecule has 6 rings (SSSR count). The van der Waals surface area contributed by atoms with Gasteiger partial charge in [0.2, 0.25) is 0 Å². The smallest absolute Gasteiger partial charge is 0.141 e. The molecule has 4 bridgehead atoms. The van der Waals surface area contributed by atoms with Crippen LogP contribution in [0.25, 0.3) is 0 Å². The molecule has 0 N–H and O–H groups in total. The molecule has 3 fully saturated rings. The number of ketones is 2. The number of hydrogen-bond donors (Lipinski definition) is 0. The van der Waals surface area contributed by atoms with Gasteiger partial charge >= 0.3 is 0 Å². The maximum Gasteiger partial charge on any atom is 0.141 e. The van der Waals surface area contributed by atoms with Crippen LogP contribution >= 0.6 is 0 Å². The largest absolute Gasteiger partial charge is 0.299 e. The lowest BCUT2D eigenvalue weighted by atomic mass is 9.51. The Kier molecular flexibility index (Phi) is 1.83. The molecule has 0 aliphatic heterocycles. The second-order valence-electron chi connectivity index (χ2n) is 7.15. The van der Waals surface area contributed by atoms with Gasteiger partial charge in [0.25, 0.3) is 0 Å². The molecule has 0 heterocycles. The van der Waals surface area contributed by atoms with E-state index >= 15 is 0 Å². The fourth-order valence-electron chi connectivity index (χ4n) is 5.81. The van der Waals surface area contributed by atoms with E-state index in [1.165, 1.54) is 0 Å². The third kappa shape index (κ3) is 1.11. The molecule has 2 nitrogen and oxygen atoms in total. The second-order valence-corrected chi connectivity index (χ2v) is 7.15. The summed E-state index contributed by atoms with van der Waals surface area (Å²) in [5.74, 6) is 2.47. The van der Waals surface area contributed by atoms with Gasteiger partial charge in [-0.1, -0.05) is 24.3 Å². The van der Waals surface area contributed by atoms with Crippen molar-refractivity contribution < 1.29 is 9.59 Å². The first-order chi connectivity index (χ1) is 9.25. The molecule has 8 atom stereocenters. The first-order valence-electron chi connectivity index (χ1n) is 7.70. The van der Waals surface area contributed by atoms with E-state index in [-0.39, 0.29) is 23.7 Å². The highest BCUT2D eigenvalue weighted by atomic mass is 16.1. The van der Waals surface area contributed by atoms with Crippen molar-refractivity contribution in [3.05, 3.63) is 24.3 Å². The molecular formula is C17H18O2. The molecule has 98 valence electrons. The Morgan fingerprint density at radius 3 is 1.42 bits per heavy atom. The van der Waals surface area contributed by atoms with E-state index in [0.29, 0.717) is 35.2 Å². The van der Waals surface area contributed by atoms with Crippen molar-refractivity contribution in [2.24, 2.45) is 47.3 Å². The molecule has 0 spiro atoms. The molecule has 3 saturated carbocycles. The number of rotatable bonds is 0. The van der Waals surface area contributed by atoms with E-state index in [4.69, 9.17) is 0 Å². The molecule has 2 heteroatoms. The molecule has 0 aromatic rings. The Labute approximate surface area is 112 Å². The Hall–Kier alpha value is -1.18. The standard InChI is InChI=1S/C17H18O2/c18-16-12-8-1-2-9(4-3-8)13(12)17(19)15-11-6-5-10(7-11)14(15)16/h1-2,5-6,8-15H,3-4,7H2/t8-,9+,10-,11-,12+,13+,14-,15+/m0/s1. The quantitative estimate of drug-likeness (QED) is 0.622. The van der Waals surface area contributed by atoms with E-state index in [1.807, 2.05) is 0 Å². The van der Waals surface area contributed by atoms with Crippen LogP contribution in [-0.4, -0.2) is 11.6 Å². The summed E-state index contributed by atoms with van der Waals surface area (Å²) in [5.41, 5.74) is 0. The lowest BCUT2D eigenvalue weighted by Gasteiger charge is -2.50. The number of carbonyl (C=O) groups excluding carboxylic acids is 2. The molecule has 19 heavy (non-hydrogen) atoms. The fourth-order valence-corrected chi connectivity index (χ4v) is 5.81. The SMILES string of the molecule is O=C1[C@H]2[C@H](C(=O)[C@@H]3[C@H]1[C@H]1C=C[C@H]3C1)[C@H]1C=C[C@@H]2CC1. The number of carbonyl (C=O) groups is 2. The van der Waals surface area contributed by atoms with Crippen molar-refractivity contribution in [1.82, 2.24) is 0 Å². The van der Waals surface area contributed by atoms with Crippen molar-refractivity contribution in [1.29, 1.82) is 0 Å². The third-order valence-electron chi connectivity index (χ3n) is 6.52. The van der Waals surface area contributed by atoms with Crippen LogP contribution in [-0.2, 0) is 9.59 Å². The predicted molar refractivity (Wildman–Crippen MR) is 70.1 cm³/mol. The predicted octanol–water partition coefficient (Wildman–Crippen LogP) is 2.40. The minimum atomic E-state index is 0.0326. The van der Waals surface area contributed by atoms with Crippen LogP contribution in [0.3, 0.4) is 0 Å². The topological polar surface area (TPSA) is 34.1 Å². The zero-order valence-corrected chi connectivity index (χ0v) is 10.9. The first-order valence-corrected chi connectivity index (χ1v) is 7.70. The van der Waals surface area contributed by atoms with E-state index in [9.17, 15) is 9.59 Å². The Morgan fingerprint density at radius 2 is 1.00 bits per heavy atom. The second kappa shape index (κ2) is 3.28. The summed E-state index contributed by atoms with van der Waals surface area (Å²) in [7, 11) is 0. The molecule has 0 aromatic carbocycles. The van der Waals surface area contributed by atoms with Crippen LogP contribution in [0.2, 0.25) is 0 Å². The molecule has 0 aromatic heterocycles. The number of Topliss-reactive ketones (excluding diaryl/α,β-unsaturated/α-hetero) is 2. The molecule has 6 aliphatic rings. The van der Waals surface area contributed by atoms with E-state index in [2.05, 4.69) is 24.3 Å². The highest BCUT2D eigenvalue weighted by molar-refractivity contribution is 6.01. The van der Waals surface area contributed by atoms with E-state index < -0.39 is 0 Å². The van der Waals surface area contributed by atoms with Gasteiger partial charge < -0.3 is 0 Å². The number of fused-ring (bicyclic) bond motifs is 6. The number of allylic oxidation sites excluding steroid dienone is 4. The molecule has 0 saturated heterocycles. The van der Waals surface area contributed by atoms with E-state index in [0.717, 1.165) is 19.3 Å². The first kappa shape index (κ1) is 10.6. The molecule has 0 radical (unpaired) electrons. The lowest BCUT2D eigenvalue weighted by Crippen LogP contribution is -2.56. The van der Waals surface area contributed by atoms with Gasteiger partial charge in [-0.2, -0.15) is 0 Å². The highest BCUT2D eigenvalue weighted by Gasteiger charge is 2.62. The number of hydrogen-bond acceptors (Lipinski definition) is 2. The van der Waals surface area contributed by atoms with Crippen molar-refractivity contribution in [3.8, 4) is 0 Å². The van der Waals surface area contributed by atoms with Gasteiger partial charge in [0.15, 0.2) is 0 Å². The zero-order valence-electron chi connectivity index (χ0n) is 10.9. The van der Waals surface area contributed by atoms with Crippen LogP contribution in [0, 0.1) is 47.3 Å². The minimum absolute atomic E-state index is 0.0326. The van der Waals surface area contributed by atoms with Crippen LogP contribution in [0.5, 0.6) is 0 Å². The van der Waals surface area contributed by atoms with Gasteiger partial charge in [-0.3, -0.25) is 9.59 Å². The van der Waals surface area contributed by atoms with Crippen LogP contribution in [0.1, 0.15) is 19.3 Å². The average Bonchev–Trinajstić information content (AvgIpc) is 3.06. The molecular weight excluding hydrogens is 236 g/mol. The maximum absolute atomic E-state index is 12.9. The Bertz CT molecular complexity index is 497. The summed E-state index contributed by atoms with van der Waals surface area (Å²) in [4.78, 5) is 25.9. The van der Waals surface area contributed by atoms with Gasteiger partial charge in [0, 0.05) is 23.7 Å². The lowest BCUT2D eigenvalue weighted by molar-refractivity contribution is -0.154. The molecule has 0 amide bonds. The molecule has 6 aliphatic carbocycles. The summed E-state index contributed by atoms with van der Waals surface area (Å²) in [6.45, 7) is 0. The zero-order chi connectivity index (χ0) is 12.7. The van der Waals surface area contributed by atoms with Crippen molar-refractivity contribution >= 4 is 11.6 Å². The summed E-state index contributed by atoms with van der Waals surface area (Å²) >= 11 is 0. The Morgan fingerprint density at radius 1 is 0.632 bits per heavy atom. The monoisotopic (exact) mass is 254 g/mol. The summed E-state index contributed by atoms with van der Waals surface area (Å²) in [6, 6.07) is 0. The van der Waals surface area contributed by atoms with E-state index in [1.54, 1.807) is 0 Å².